The molecule has 0 saturated heterocycles. The molecule has 0 aliphatic heterocycles. The van der Waals surface area contributed by atoms with Crippen molar-refractivity contribution in [1.82, 2.24) is 19.4 Å². The van der Waals surface area contributed by atoms with E-state index in [1.165, 1.54) is 29.9 Å². The Hall–Kier alpha value is -3.79. The van der Waals surface area contributed by atoms with Gasteiger partial charge in [-0.2, -0.15) is 0 Å². The summed E-state index contributed by atoms with van der Waals surface area (Å²) >= 11 is 1.27. The molecule has 1 N–H and O–H groups in total. The summed E-state index contributed by atoms with van der Waals surface area (Å²) in [5.74, 6) is 0.343. The largest absolute Gasteiger partial charge is 0.443 e. The molecule has 3 heterocycles. The van der Waals surface area contributed by atoms with Crippen LogP contribution in [0.5, 0.6) is 0 Å². The highest BCUT2D eigenvalue weighted by Gasteiger charge is 2.35. The second-order valence-electron chi connectivity index (χ2n) is 8.47. The summed E-state index contributed by atoms with van der Waals surface area (Å²) in [6.45, 7) is 6.77. The summed E-state index contributed by atoms with van der Waals surface area (Å²) in [6, 6.07) is 8.35. The number of para-hydroxylation sites is 1. The highest BCUT2D eigenvalue weighted by Crippen LogP contribution is 2.42. The van der Waals surface area contributed by atoms with Crippen LogP contribution in [0.3, 0.4) is 0 Å². The molecule has 4 aromatic rings. The first kappa shape index (κ1) is 23.0. The molecule has 0 spiro atoms. The molecular weight excluding hydrogens is 469 g/mol. The summed E-state index contributed by atoms with van der Waals surface area (Å²) in [7, 11) is 0. The Bertz CT molecular complexity index is 1390. The maximum Gasteiger partial charge on any atom is 0.268 e. The van der Waals surface area contributed by atoms with Gasteiger partial charge >= 0.3 is 0 Å². The van der Waals surface area contributed by atoms with E-state index in [-0.39, 0.29) is 23.4 Å². The number of carbonyl (C=O) groups is 2. The van der Waals surface area contributed by atoms with E-state index >= 15 is 0 Å². The van der Waals surface area contributed by atoms with Gasteiger partial charge in [0.25, 0.3) is 5.91 Å². The van der Waals surface area contributed by atoms with E-state index in [2.05, 4.69) is 21.9 Å². The van der Waals surface area contributed by atoms with E-state index in [9.17, 15) is 14.0 Å². The standard InChI is InChI=1S/C25H24FN5O3S/c1-3-22(32)30(4-2)13-15-10-16(11-15)31-18-7-5-6-17(26)23(18)28-25(31)29-24(33)21-9-8-20(35-21)19-12-27-14-34-19/h3,5-9,12,14-16H,1,4,10-11,13H2,2H3,(H,28,29,33). The van der Waals surface area contributed by atoms with E-state index in [4.69, 9.17) is 4.42 Å². The third kappa shape index (κ3) is 4.37. The average Bonchev–Trinajstić information content (AvgIpc) is 3.58. The number of thiophene rings is 1. The molecule has 5 rings (SSSR count). The number of rotatable bonds is 8. The molecule has 1 fully saturated rings. The Morgan fingerprint density at radius 2 is 2.17 bits per heavy atom. The summed E-state index contributed by atoms with van der Waals surface area (Å²) in [5, 5.41) is 2.88. The maximum atomic E-state index is 14.6. The minimum Gasteiger partial charge on any atom is -0.443 e. The average molecular weight is 494 g/mol. The Morgan fingerprint density at radius 1 is 1.34 bits per heavy atom. The molecule has 0 bridgehead atoms. The van der Waals surface area contributed by atoms with E-state index < -0.39 is 5.82 Å². The van der Waals surface area contributed by atoms with Crippen molar-refractivity contribution in [2.45, 2.75) is 25.8 Å². The number of imidazole rings is 1. The second kappa shape index (κ2) is 9.46. The van der Waals surface area contributed by atoms with Crippen molar-refractivity contribution in [3.8, 4) is 10.6 Å². The topological polar surface area (TPSA) is 93.3 Å². The minimum absolute atomic E-state index is 0.0349. The molecule has 8 nitrogen and oxygen atoms in total. The Kier molecular flexibility index (Phi) is 6.21. The fraction of sp³-hybridized carbons (Fsp3) is 0.280. The van der Waals surface area contributed by atoms with Crippen molar-refractivity contribution < 1.29 is 18.4 Å². The zero-order chi connectivity index (χ0) is 24.5. The van der Waals surface area contributed by atoms with Crippen LogP contribution in [0.25, 0.3) is 21.7 Å². The predicted octanol–water partition coefficient (Wildman–Crippen LogP) is 5.13. The zero-order valence-electron chi connectivity index (χ0n) is 19.1. The third-order valence-electron chi connectivity index (χ3n) is 6.32. The van der Waals surface area contributed by atoms with Crippen molar-refractivity contribution >= 4 is 40.1 Å². The lowest BCUT2D eigenvalue weighted by Gasteiger charge is -2.39. The van der Waals surface area contributed by atoms with Crippen LogP contribution in [0.15, 0.2) is 60.0 Å². The molecule has 180 valence electrons. The molecule has 1 saturated carbocycles. The smallest absolute Gasteiger partial charge is 0.268 e. The molecule has 35 heavy (non-hydrogen) atoms. The van der Waals surface area contributed by atoms with Gasteiger partial charge in [0, 0.05) is 19.1 Å². The summed E-state index contributed by atoms with van der Waals surface area (Å²) in [5.41, 5.74) is 0.851. The van der Waals surface area contributed by atoms with Gasteiger partial charge in [0.15, 0.2) is 18.0 Å². The third-order valence-corrected chi connectivity index (χ3v) is 7.42. The number of carbonyl (C=O) groups excluding carboxylic acids is 2. The summed E-state index contributed by atoms with van der Waals surface area (Å²) in [4.78, 5) is 36.4. The van der Waals surface area contributed by atoms with E-state index in [0.717, 1.165) is 17.7 Å². The number of hydrogen-bond donors (Lipinski definition) is 1. The number of aromatic nitrogens is 3. The highest BCUT2D eigenvalue weighted by molar-refractivity contribution is 7.17. The molecule has 0 atom stereocenters. The Labute approximate surface area is 205 Å². The van der Waals surface area contributed by atoms with Crippen molar-refractivity contribution in [3.05, 3.63) is 66.3 Å². The van der Waals surface area contributed by atoms with Crippen LogP contribution in [-0.4, -0.2) is 44.3 Å². The van der Waals surface area contributed by atoms with Crippen LogP contribution >= 0.6 is 11.3 Å². The fourth-order valence-electron chi connectivity index (χ4n) is 4.51. The van der Waals surface area contributed by atoms with Crippen LogP contribution < -0.4 is 5.32 Å². The van der Waals surface area contributed by atoms with Gasteiger partial charge in [-0.05, 0) is 56.0 Å². The van der Waals surface area contributed by atoms with Crippen LogP contribution in [0.1, 0.15) is 35.5 Å². The maximum absolute atomic E-state index is 14.6. The Morgan fingerprint density at radius 3 is 2.89 bits per heavy atom. The number of amides is 2. The van der Waals surface area contributed by atoms with Gasteiger partial charge in [-0.3, -0.25) is 14.9 Å². The van der Waals surface area contributed by atoms with Crippen LogP contribution in [0, 0.1) is 11.7 Å². The van der Waals surface area contributed by atoms with Gasteiger partial charge in [0.1, 0.15) is 5.52 Å². The van der Waals surface area contributed by atoms with Gasteiger partial charge in [0.2, 0.25) is 11.9 Å². The zero-order valence-corrected chi connectivity index (χ0v) is 19.9. The lowest BCUT2D eigenvalue weighted by Crippen LogP contribution is -2.40. The van der Waals surface area contributed by atoms with Crippen LogP contribution in [-0.2, 0) is 4.79 Å². The number of likely N-dealkylation sites (N-methyl/N-ethyl adjacent to an activating group) is 1. The predicted molar refractivity (Wildman–Crippen MR) is 132 cm³/mol. The lowest BCUT2D eigenvalue weighted by atomic mass is 9.79. The van der Waals surface area contributed by atoms with Crippen molar-refractivity contribution in [3.63, 3.8) is 0 Å². The first-order valence-electron chi connectivity index (χ1n) is 11.4. The highest BCUT2D eigenvalue weighted by atomic mass is 32.1. The van der Waals surface area contributed by atoms with Crippen molar-refractivity contribution in [2.75, 3.05) is 18.4 Å². The number of nitrogens with zero attached hydrogens (tertiary/aromatic N) is 4. The molecule has 1 aliphatic carbocycles. The number of fused-ring (bicyclic) bond motifs is 1. The molecule has 1 aliphatic rings. The van der Waals surface area contributed by atoms with Crippen molar-refractivity contribution in [2.24, 2.45) is 5.92 Å². The monoisotopic (exact) mass is 493 g/mol. The van der Waals surface area contributed by atoms with Gasteiger partial charge in [0.05, 0.1) is 21.5 Å². The van der Waals surface area contributed by atoms with Gasteiger partial charge in [-0.25, -0.2) is 14.4 Å². The molecule has 1 aromatic carbocycles. The van der Waals surface area contributed by atoms with Gasteiger partial charge in [-0.1, -0.05) is 12.6 Å². The fourth-order valence-corrected chi connectivity index (χ4v) is 5.36. The van der Waals surface area contributed by atoms with E-state index in [0.29, 0.717) is 41.1 Å². The van der Waals surface area contributed by atoms with Crippen LogP contribution in [0.4, 0.5) is 10.3 Å². The summed E-state index contributed by atoms with van der Waals surface area (Å²) in [6.07, 6.45) is 5.84. The molecule has 10 heteroatoms. The Balaban J connectivity index is 1.38. The molecule has 3 aromatic heterocycles. The summed E-state index contributed by atoms with van der Waals surface area (Å²) < 4.78 is 21.8. The lowest BCUT2D eigenvalue weighted by molar-refractivity contribution is -0.127. The molecule has 0 unspecified atom stereocenters. The number of anilines is 1. The number of benzene rings is 1. The molecule has 2 amide bonds. The first-order chi connectivity index (χ1) is 17.0. The second-order valence-corrected chi connectivity index (χ2v) is 9.55. The quantitative estimate of drug-likeness (QED) is 0.344. The number of oxazole rings is 1. The van der Waals surface area contributed by atoms with E-state index in [1.807, 2.05) is 11.5 Å². The number of hydrogen-bond acceptors (Lipinski definition) is 6. The van der Waals surface area contributed by atoms with Crippen LogP contribution in [0.2, 0.25) is 0 Å². The normalized spacial score (nSPS) is 17.2. The SMILES string of the molecule is C=CC(=O)N(CC)CC1CC(n2c(NC(=O)c3ccc(-c4cnco4)s3)nc3c(F)cccc32)C1. The number of nitrogens with one attached hydrogen (secondary N) is 1. The first-order valence-corrected chi connectivity index (χ1v) is 12.2. The van der Waals surface area contributed by atoms with Gasteiger partial charge < -0.3 is 13.9 Å². The molecule has 0 radical (unpaired) electrons. The van der Waals surface area contributed by atoms with Gasteiger partial charge in [-0.15, -0.1) is 11.3 Å². The minimum atomic E-state index is -0.440. The molecular formula is C25H24FN5O3S. The van der Waals surface area contributed by atoms with E-state index in [1.54, 1.807) is 35.4 Å². The van der Waals surface area contributed by atoms with Crippen molar-refractivity contribution in [1.29, 1.82) is 0 Å². The number of halogens is 1.